The Morgan fingerprint density at radius 1 is 1.26 bits per heavy atom. The van der Waals surface area contributed by atoms with E-state index in [1.807, 2.05) is 38.1 Å². The van der Waals surface area contributed by atoms with Gasteiger partial charge in [-0.15, -0.1) is 0 Å². The number of aromatic nitrogens is 3. The highest BCUT2D eigenvalue weighted by atomic mass is 35.5. The van der Waals surface area contributed by atoms with Gasteiger partial charge in [-0.3, -0.25) is 14.5 Å². The van der Waals surface area contributed by atoms with Crippen LogP contribution in [-0.2, 0) is 11.3 Å². The van der Waals surface area contributed by atoms with Gasteiger partial charge >= 0.3 is 0 Å². The number of aryl methyl sites for hydroxylation is 1. The molecule has 2 N–H and O–H groups in total. The maximum Gasteiger partial charge on any atom is 0.240 e. The zero-order valence-electron chi connectivity index (χ0n) is 14.8. The Labute approximate surface area is 172 Å². The van der Waals surface area contributed by atoms with Gasteiger partial charge in [0.05, 0.1) is 6.04 Å². The number of nitrogens with zero attached hydrogens (tertiary/aromatic N) is 2. The maximum absolute atomic E-state index is 12.6. The van der Waals surface area contributed by atoms with Crippen LogP contribution in [0.5, 0.6) is 0 Å². The van der Waals surface area contributed by atoms with Gasteiger partial charge in [0.15, 0.2) is 10.6 Å². The highest BCUT2D eigenvalue weighted by molar-refractivity contribution is 7.71. The number of carbonyl (C=O) groups excluding carboxylic acids is 1. The van der Waals surface area contributed by atoms with E-state index in [4.69, 9.17) is 35.4 Å². The predicted molar refractivity (Wildman–Crippen MR) is 111 cm³/mol. The van der Waals surface area contributed by atoms with Gasteiger partial charge < -0.3 is 5.32 Å². The Morgan fingerprint density at radius 2 is 1.96 bits per heavy atom. The Balaban J connectivity index is 1.77. The van der Waals surface area contributed by atoms with E-state index in [1.165, 1.54) is 0 Å². The fourth-order valence-corrected chi connectivity index (χ4v) is 3.52. The fraction of sp³-hybridized carbons (Fsp3) is 0.211. The van der Waals surface area contributed by atoms with E-state index < -0.39 is 0 Å². The van der Waals surface area contributed by atoms with E-state index in [-0.39, 0.29) is 18.5 Å². The van der Waals surface area contributed by atoms with Crippen molar-refractivity contribution in [1.29, 1.82) is 0 Å². The summed E-state index contributed by atoms with van der Waals surface area (Å²) >= 11 is 17.4. The van der Waals surface area contributed by atoms with Crippen LogP contribution in [-0.4, -0.2) is 20.7 Å². The highest BCUT2D eigenvalue weighted by Gasteiger charge is 2.16. The van der Waals surface area contributed by atoms with Gasteiger partial charge in [-0.1, -0.05) is 59.1 Å². The molecule has 3 aromatic rings. The third-order valence-electron chi connectivity index (χ3n) is 4.18. The molecule has 0 fully saturated rings. The number of rotatable bonds is 5. The monoisotopic (exact) mass is 420 g/mol. The van der Waals surface area contributed by atoms with Crippen LogP contribution in [0.4, 0.5) is 0 Å². The number of hydrogen-bond acceptors (Lipinski definition) is 3. The summed E-state index contributed by atoms with van der Waals surface area (Å²) in [6, 6.07) is 12.8. The first-order valence-corrected chi connectivity index (χ1v) is 9.48. The first-order valence-electron chi connectivity index (χ1n) is 8.31. The van der Waals surface area contributed by atoms with Crippen LogP contribution in [0.25, 0.3) is 11.4 Å². The molecule has 1 amide bonds. The van der Waals surface area contributed by atoms with E-state index in [1.54, 1.807) is 22.8 Å². The van der Waals surface area contributed by atoms with Crippen LogP contribution in [0.2, 0.25) is 10.0 Å². The number of aromatic amines is 1. The Bertz CT molecular complexity index is 1030. The summed E-state index contributed by atoms with van der Waals surface area (Å²) in [5, 5.41) is 11.0. The van der Waals surface area contributed by atoms with Crippen molar-refractivity contribution in [2.45, 2.75) is 26.4 Å². The molecule has 140 valence electrons. The zero-order valence-corrected chi connectivity index (χ0v) is 17.1. The SMILES string of the molecule is Cc1ccc(-c2n[nH]c(=S)n2CC(=O)N[C@H](C)c2ccc(Cl)cc2Cl)cc1. The van der Waals surface area contributed by atoms with Crippen molar-refractivity contribution in [3.8, 4) is 11.4 Å². The topological polar surface area (TPSA) is 62.7 Å². The minimum Gasteiger partial charge on any atom is -0.348 e. The standard InChI is InChI=1S/C19H18Cl2N4OS/c1-11-3-5-13(6-4-11)18-23-24-19(27)25(18)10-17(26)22-12(2)15-8-7-14(20)9-16(15)21/h3-9,12H,10H2,1-2H3,(H,22,26)(H,24,27)/t12-/m1/s1. The second-order valence-corrected chi connectivity index (χ2v) is 7.49. The van der Waals surface area contributed by atoms with Gasteiger partial charge in [0.1, 0.15) is 6.54 Å². The summed E-state index contributed by atoms with van der Waals surface area (Å²) in [6.07, 6.45) is 0. The molecule has 0 aliphatic carbocycles. The lowest BCUT2D eigenvalue weighted by atomic mass is 10.1. The molecule has 0 spiro atoms. The summed E-state index contributed by atoms with van der Waals surface area (Å²) in [5.41, 5.74) is 2.82. The lowest BCUT2D eigenvalue weighted by molar-refractivity contribution is -0.122. The van der Waals surface area contributed by atoms with Gasteiger partial charge in [0.2, 0.25) is 5.91 Å². The molecule has 2 aromatic carbocycles. The number of halogens is 2. The lowest BCUT2D eigenvalue weighted by Gasteiger charge is -2.16. The second kappa shape index (κ2) is 8.25. The smallest absolute Gasteiger partial charge is 0.240 e. The maximum atomic E-state index is 12.6. The Kier molecular flexibility index (Phi) is 5.99. The van der Waals surface area contributed by atoms with Crippen LogP contribution >= 0.6 is 35.4 Å². The van der Waals surface area contributed by atoms with Crippen molar-refractivity contribution >= 4 is 41.3 Å². The zero-order chi connectivity index (χ0) is 19.6. The molecule has 3 rings (SSSR count). The largest absolute Gasteiger partial charge is 0.348 e. The molecule has 1 atom stereocenters. The number of carbonyl (C=O) groups is 1. The molecule has 27 heavy (non-hydrogen) atoms. The number of amides is 1. The average molecular weight is 421 g/mol. The molecule has 0 saturated carbocycles. The number of nitrogens with one attached hydrogen (secondary N) is 2. The summed E-state index contributed by atoms with van der Waals surface area (Å²) < 4.78 is 2.06. The van der Waals surface area contributed by atoms with E-state index in [2.05, 4.69) is 15.5 Å². The third-order valence-corrected chi connectivity index (χ3v) is 5.05. The number of H-pyrrole nitrogens is 1. The van der Waals surface area contributed by atoms with E-state index in [9.17, 15) is 4.79 Å². The van der Waals surface area contributed by atoms with Crippen molar-refractivity contribution in [3.05, 3.63) is 68.4 Å². The van der Waals surface area contributed by atoms with Crippen molar-refractivity contribution in [3.63, 3.8) is 0 Å². The predicted octanol–water partition coefficient (Wildman–Crippen LogP) is 5.10. The summed E-state index contributed by atoms with van der Waals surface area (Å²) in [7, 11) is 0. The van der Waals surface area contributed by atoms with Gasteiger partial charge in [0, 0.05) is 15.6 Å². The Morgan fingerprint density at radius 3 is 2.63 bits per heavy atom. The van der Waals surface area contributed by atoms with Crippen LogP contribution in [0.1, 0.15) is 24.1 Å². The average Bonchev–Trinajstić information content (AvgIpc) is 2.96. The van der Waals surface area contributed by atoms with E-state index in [0.717, 1.165) is 16.7 Å². The second-order valence-electron chi connectivity index (χ2n) is 6.26. The summed E-state index contributed by atoms with van der Waals surface area (Å²) in [4.78, 5) is 12.6. The molecule has 0 aliphatic rings. The van der Waals surface area contributed by atoms with Crippen molar-refractivity contribution in [2.24, 2.45) is 0 Å². The molecule has 8 heteroatoms. The molecule has 0 saturated heterocycles. The quantitative estimate of drug-likeness (QED) is 0.564. The first kappa shape index (κ1) is 19.6. The van der Waals surface area contributed by atoms with Gasteiger partial charge in [-0.25, -0.2) is 0 Å². The van der Waals surface area contributed by atoms with Crippen molar-refractivity contribution < 1.29 is 4.79 Å². The highest BCUT2D eigenvalue weighted by Crippen LogP contribution is 2.26. The third kappa shape index (κ3) is 4.58. The molecule has 0 aliphatic heterocycles. The van der Waals surface area contributed by atoms with Crippen LogP contribution in [0.15, 0.2) is 42.5 Å². The first-order chi connectivity index (χ1) is 12.8. The summed E-state index contributed by atoms with van der Waals surface area (Å²) in [6.45, 7) is 3.92. The molecule has 0 unspecified atom stereocenters. The molecule has 5 nitrogen and oxygen atoms in total. The van der Waals surface area contributed by atoms with Gasteiger partial charge in [-0.2, -0.15) is 5.10 Å². The minimum atomic E-state index is -0.272. The molecular weight excluding hydrogens is 403 g/mol. The van der Waals surface area contributed by atoms with Gasteiger partial charge in [-0.05, 0) is 43.8 Å². The number of hydrogen-bond donors (Lipinski definition) is 2. The van der Waals surface area contributed by atoms with Crippen molar-refractivity contribution in [1.82, 2.24) is 20.1 Å². The normalized spacial score (nSPS) is 12.0. The molecule has 1 heterocycles. The molecule has 1 aromatic heterocycles. The number of benzene rings is 2. The van der Waals surface area contributed by atoms with Gasteiger partial charge in [0.25, 0.3) is 0 Å². The Hall–Kier alpha value is -2.15. The van der Waals surface area contributed by atoms with Crippen LogP contribution in [0.3, 0.4) is 0 Å². The van der Waals surface area contributed by atoms with Crippen molar-refractivity contribution in [2.75, 3.05) is 0 Å². The van der Waals surface area contributed by atoms with E-state index in [0.29, 0.717) is 20.6 Å². The fourth-order valence-electron chi connectivity index (χ4n) is 2.75. The minimum absolute atomic E-state index is 0.0497. The molecule has 0 radical (unpaired) electrons. The lowest BCUT2D eigenvalue weighted by Crippen LogP contribution is -2.30. The van der Waals surface area contributed by atoms with Crippen LogP contribution in [0, 0.1) is 11.7 Å². The van der Waals surface area contributed by atoms with Crippen LogP contribution < -0.4 is 5.32 Å². The van der Waals surface area contributed by atoms with E-state index >= 15 is 0 Å². The molecule has 0 bridgehead atoms. The molecular formula is C19H18Cl2N4OS. The summed E-state index contributed by atoms with van der Waals surface area (Å²) in [5.74, 6) is 0.423.